The van der Waals surface area contributed by atoms with Gasteiger partial charge in [-0.2, -0.15) is 0 Å². The number of nitrogens with one attached hydrogen (secondary N) is 1. The molecule has 6 nitrogen and oxygen atoms in total. The smallest absolute Gasteiger partial charge is 0.313 e. The molecule has 0 aliphatic carbocycles. The van der Waals surface area contributed by atoms with Gasteiger partial charge in [0.05, 0.1) is 19.2 Å². The van der Waals surface area contributed by atoms with Gasteiger partial charge in [-0.05, 0) is 49.2 Å². The van der Waals surface area contributed by atoms with E-state index < -0.39 is 18.0 Å². The minimum Gasteiger partial charge on any atom is -0.497 e. The van der Waals surface area contributed by atoms with Crippen molar-refractivity contribution in [1.82, 2.24) is 4.98 Å². The van der Waals surface area contributed by atoms with E-state index in [2.05, 4.69) is 10.3 Å². The van der Waals surface area contributed by atoms with E-state index in [0.29, 0.717) is 16.9 Å². The van der Waals surface area contributed by atoms with Crippen molar-refractivity contribution >= 4 is 28.9 Å². The summed E-state index contributed by atoms with van der Waals surface area (Å²) in [4.78, 5) is 30.6. The molecule has 0 aliphatic rings. The third kappa shape index (κ3) is 6.33. The van der Waals surface area contributed by atoms with Crippen LogP contribution in [-0.4, -0.2) is 24.0 Å². The highest BCUT2D eigenvalue weighted by atomic mass is 32.1. The third-order valence-electron chi connectivity index (χ3n) is 5.27. The van der Waals surface area contributed by atoms with Crippen LogP contribution in [0.4, 0.5) is 5.69 Å². The molecule has 0 bridgehead atoms. The second kappa shape index (κ2) is 11.0. The van der Waals surface area contributed by atoms with E-state index in [4.69, 9.17) is 9.47 Å². The number of aryl methyl sites for hydroxylation is 2. The molecule has 0 fully saturated rings. The molecule has 178 valence electrons. The summed E-state index contributed by atoms with van der Waals surface area (Å²) in [5.41, 5.74) is 4.81. The van der Waals surface area contributed by atoms with Gasteiger partial charge < -0.3 is 14.8 Å². The lowest BCUT2D eigenvalue weighted by atomic mass is 10.1. The first-order valence-corrected chi connectivity index (χ1v) is 12.0. The van der Waals surface area contributed by atoms with Gasteiger partial charge in [0.1, 0.15) is 10.8 Å². The molecule has 7 heteroatoms. The number of amides is 1. The van der Waals surface area contributed by atoms with Crippen molar-refractivity contribution in [2.24, 2.45) is 0 Å². The Hall–Kier alpha value is -3.97. The fraction of sp³-hybridized carbons (Fsp3) is 0.179. The summed E-state index contributed by atoms with van der Waals surface area (Å²) in [6.45, 7) is 3.93. The summed E-state index contributed by atoms with van der Waals surface area (Å²) in [7, 11) is 1.61. The molecule has 0 aliphatic heterocycles. The second-order valence-corrected chi connectivity index (χ2v) is 9.06. The Balaban J connectivity index is 1.49. The Bertz CT molecular complexity index is 1310. The lowest BCUT2D eigenvalue weighted by Gasteiger charge is -2.18. The molecule has 1 atom stereocenters. The number of aromatic nitrogens is 1. The van der Waals surface area contributed by atoms with Crippen LogP contribution in [0, 0.1) is 13.8 Å². The second-order valence-electron chi connectivity index (χ2n) is 8.20. The number of anilines is 1. The van der Waals surface area contributed by atoms with E-state index in [1.54, 1.807) is 31.4 Å². The highest BCUT2D eigenvalue weighted by Gasteiger charge is 2.26. The number of carbonyl (C=O) groups excluding carboxylic acids is 2. The Morgan fingerprint density at radius 1 is 0.971 bits per heavy atom. The number of thiazole rings is 1. The van der Waals surface area contributed by atoms with E-state index in [0.717, 1.165) is 27.4 Å². The van der Waals surface area contributed by atoms with Gasteiger partial charge in [0.2, 0.25) is 6.10 Å². The lowest BCUT2D eigenvalue weighted by molar-refractivity contribution is -0.154. The zero-order chi connectivity index (χ0) is 24.8. The molecule has 0 spiro atoms. The molecule has 0 saturated carbocycles. The standard InChI is InChI=1S/C28H26N2O4S/c1-18-12-19(2)14-22(13-18)29-27(32)26(20-8-5-4-6-9-20)34-25(31)16-23-17-35-28(30-23)21-10-7-11-24(15-21)33-3/h4-15,17,26H,16H2,1-3H3,(H,29,32). The predicted octanol–water partition coefficient (Wildman–Crippen LogP) is 5.90. The Morgan fingerprint density at radius 3 is 2.43 bits per heavy atom. The van der Waals surface area contributed by atoms with E-state index in [9.17, 15) is 9.59 Å². The SMILES string of the molecule is COc1cccc(-c2nc(CC(=O)OC(C(=O)Nc3cc(C)cc(C)c3)c3ccccc3)cs2)c1. The van der Waals surface area contributed by atoms with Crippen molar-refractivity contribution in [2.75, 3.05) is 12.4 Å². The normalized spacial score (nSPS) is 11.5. The molecule has 4 aromatic rings. The lowest BCUT2D eigenvalue weighted by Crippen LogP contribution is -2.26. The van der Waals surface area contributed by atoms with Crippen LogP contribution in [-0.2, 0) is 20.7 Å². The van der Waals surface area contributed by atoms with Gasteiger partial charge in [0.15, 0.2) is 0 Å². The number of nitrogens with zero attached hydrogens (tertiary/aromatic N) is 1. The van der Waals surface area contributed by atoms with E-state index in [1.807, 2.05) is 67.8 Å². The number of carbonyl (C=O) groups is 2. The van der Waals surface area contributed by atoms with Gasteiger partial charge in [0.25, 0.3) is 5.91 Å². The van der Waals surface area contributed by atoms with Crippen molar-refractivity contribution in [3.63, 3.8) is 0 Å². The zero-order valence-corrected chi connectivity index (χ0v) is 20.6. The number of esters is 1. The number of methoxy groups -OCH3 is 1. The molecule has 0 radical (unpaired) electrons. The molecular weight excluding hydrogens is 460 g/mol. The number of hydrogen-bond donors (Lipinski definition) is 1. The summed E-state index contributed by atoms with van der Waals surface area (Å²) < 4.78 is 11.0. The van der Waals surface area contributed by atoms with Gasteiger partial charge in [-0.25, -0.2) is 4.98 Å². The molecule has 35 heavy (non-hydrogen) atoms. The van der Waals surface area contributed by atoms with Gasteiger partial charge >= 0.3 is 5.97 Å². The van der Waals surface area contributed by atoms with Crippen LogP contribution in [0.25, 0.3) is 10.6 Å². The summed E-state index contributed by atoms with van der Waals surface area (Å²) in [6, 6.07) is 22.4. The fourth-order valence-corrected chi connectivity index (χ4v) is 4.57. The number of rotatable bonds is 8. The average Bonchev–Trinajstić information content (AvgIpc) is 3.31. The quantitative estimate of drug-likeness (QED) is 0.314. The van der Waals surface area contributed by atoms with Crippen LogP contribution >= 0.6 is 11.3 Å². The fourth-order valence-electron chi connectivity index (χ4n) is 3.75. The van der Waals surface area contributed by atoms with Crippen LogP contribution in [0.2, 0.25) is 0 Å². The van der Waals surface area contributed by atoms with Crippen molar-refractivity contribution < 1.29 is 19.1 Å². The summed E-state index contributed by atoms with van der Waals surface area (Å²) in [5, 5.41) is 5.49. The predicted molar refractivity (Wildman–Crippen MR) is 138 cm³/mol. The van der Waals surface area contributed by atoms with Crippen molar-refractivity contribution in [3.8, 4) is 16.3 Å². The van der Waals surface area contributed by atoms with Gasteiger partial charge in [-0.3, -0.25) is 9.59 Å². The third-order valence-corrected chi connectivity index (χ3v) is 6.21. The maximum atomic E-state index is 13.2. The number of benzene rings is 3. The van der Waals surface area contributed by atoms with Crippen molar-refractivity contribution in [3.05, 3.63) is 101 Å². The Morgan fingerprint density at radius 2 is 1.71 bits per heavy atom. The summed E-state index contributed by atoms with van der Waals surface area (Å²) >= 11 is 1.44. The maximum Gasteiger partial charge on any atom is 0.313 e. The summed E-state index contributed by atoms with van der Waals surface area (Å²) in [5.74, 6) is -0.207. The van der Waals surface area contributed by atoms with E-state index in [-0.39, 0.29) is 6.42 Å². The number of hydrogen-bond acceptors (Lipinski definition) is 6. The van der Waals surface area contributed by atoms with Gasteiger partial charge in [-0.1, -0.05) is 48.5 Å². The molecular formula is C28H26N2O4S. The molecule has 1 unspecified atom stereocenters. The summed E-state index contributed by atoms with van der Waals surface area (Å²) in [6.07, 6.45) is -1.12. The van der Waals surface area contributed by atoms with E-state index in [1.165, 1.54) is 11.3 Å². The molecule has 1 heterocycles. The zero-order valence-electron chi connectivity index (χ0n) is 19.8. The average molecular weight is 487 g/mol. The highest BCUT2D eigenvalue weighted by Crippen LogP contribution is 2.28. The van der Waals surface area contributed by atoms with Gasteiger partial charge in [0, 0.05) is 22.2 Å². The van der Waals surface area contributed by atoms with Gasteiger partial charge in [-0.15, -0.1) is 11.3 Å². The molecule has 1 N–H and O–H groups in total. The topological polar surface area (TPSA) is 77.5 Å². The van der Waals surface area contributed by atoms with Crippen LogP contribution in [0.3, 0.4) is 0 Å². The van der Waals surface area contributed by atoms with Crippen LogP contribution in [0.5, 0.6) is 5.75 Å². The largest absolute Gasteiger partial charge is 0.497 e. The monoisotopic (exact) mass is 486 g/mol. The molecule has 4 rings (SSSR count). The minimum absolute atomic E-state index is 0.0410. The first-order chi connectivity index (χ1) is 16.9. The minimum atomic E-state index is -1.08. The number of ether oxygens (including phenoxy) is 2. The highest BCUT2D eigenvalue weighted by molar-refractivity contribution is 7.13. The van der Waals surface area contributed by atoms with Crippen molar-refractivity contribution in [2.45, 2.75) is 26.4 Å². The van der Waals surface area contributed by atoms with Crippen molar-refractivity contribution in [1.29, 1.82) is 0 Å². The Labute approximate surface area is 208 Å². The van der Waals surface area contributed by atoms with Crippen LogP contribution in [0.1, 0.15) is 28.5 Å². The first-order valence-electron chi connectivity index (χ1n) is 11.1. The Kier molecular flexibility index (Phi) is 7.57. The van der Waals surface area contributed by atoms with E-state index >= 15 is 0 Å². The molecule has 1 aromatic heterocycles. The molecule has 3 aromatic carbocycles. The first kappa shape index (κ1) is 24.2. The maximum absolute atomic E-state index is 13.2. The van der Waals surface area contributed by atoms with Crippen LogP contribution < -0.4 is 10.1 Å². The molecule has 1 amide bonds. The van der Waals surface area contributed by atoms with Crippen LogP contribution in [0.15, 0.2) is 78.2 Å². The molecule has 0 saturated heterocycles.